The van der Waals surface area contributed by atoms with Crippen molar-refractivity contribution in [3.63, 3.8) is 0 Å². The van der Waals surface area contributed by atoms with E-state index in [1.54, 1.807) is 45.7 Å². The van der Waals surface area contributed by atoms with Crippen molar-refractivity contribution >= 4 is 40.5 Å². The van der Waals surface area contributed by atoms with Crippen molar-refractivity contribution in [1.82, 2.24) is 14.5 Å². The third-order valence-corrected chi connectivity index (χ3v) is 5.86. The largest absolute Gasteiger partial charge is 0.419 e. The number of alkyl halides is 3. The van der Waals surface area contributed by atoms with Crippen LogP contribution in [0.15, 0.2) is 42.7 Å². The first kappa shape index (κ1) is 22.1. The van der Waals surface area contributed by atoms with Gasteiger partial charge < -0.3 is 19.2 Å². The summed E-state index contributed by atoms with van der Waals surface area (Å²) in [6.45, 7) is 2.65. The van der Waals surface area contributed by atoms with E-state index in [0.717, 1.165) is 12.4 Å². The standard InChI is InChI=1S/C22H20ClF3N4O2/c1-14(13-31)30-12-17(16-5-4-15(23)11-19(16)30)21(32)29-9-7-28(8-10-29)20-18(22(24,25)26)3-2-6-27-20/h2-6,11-14H,7-10H2,1H3. The quantitative estimate of drug-likeness (QED) is 0.536. The number of benzene rings is 1. The summed E-state index contributed by atoms with van der Waals surface area (Å²) in [6.07, 6.45) is -0.765. The third-order valence-electron chi connectivity index (χ3n) is 5.62. The normalized spacial score (nSPS) is 15.8. The fraction of sp³-hybridized carbons (Fsp3) is 0.318. The lowest BCUT2D eigenvalue weighted by molar-refractivity contribution is -0.137. The molecule has 2 aromatic heterocycles. The van der Waals surface area contributed by atoms with Gasteiger partial charge >= 0.3 is 6.18 Å². The number of fused-ring (bicyclic) bond motifs is 1. The SMILES string of the molecule is CC(C=O)n1cc(C(=O)N2CCN(c3ncccc3C(F)(F)F)CC2)c2ccc(Cl)cc21. The number of pyridine rings is 1. The van der Waals surface area contributed by atoms with Crippen LogP contribution in [0.4, 0.5) is 19.0 Å². The highest BCUT2D eigenvalue weighted by atomic mass is 35.5. The molecule has 1 amide bonds. The first-order valence-electron chi connectivity index (χ1n) is 10.0. The van der Waals surface area contributed by atoms with Gasteiger partial charge in [0.2, 0.25) is 0 Å². The smallest absolute Gasteiger partial charge is 0.353 e. The third kappa shape index (κ3) is 4.04. The van der Waals surface area contributed by atoms with E-state index in [9.17, 15) is 22.8 Å². The van der Waals surface area contributed by atoms with Gasteiger partial charge in [-0.2, -0.15) is 13.2 Å². The number of aromatic nitrogens is 2. The van der Waals surface area contributed by atoms with Crippen LogP contribution < -0.4 is 4.90 Å². The molecule has 3 aromatic rings. The molecule has 0 N–H and O–H groups in total. The fourth-order valence-electron chi connectivity index (χ4n) is 3.96. The molecule has 0 spiro atoms. The molecule has 32 heavy (non-hydrogen) atoms. The first-order chi connectivity index (χ1) is 15.2. The van der Waals surface area contributed by atoms with E-state index < -0.39 is 17.8 Å². The van der Waals surface area contributed by atoms with Crippen LogP contribution in [0.1, 0.15) is 28.9 Å². The Morgan fingerprint density at radius 3 is 2.56 bits per heavy atom. The Morgan fingerprint density at radius 2 is 1.91 bits per heavy atom. The number of amides is 1. The molecule has 1 aromatic carbocycles. The Balaban J connectivity index is 1.58. The number of nitrogens with zero attached hydrogens (tertiary/aromatic N) is 4. The van der Waals surface area contributed by atoms with Crippen LogP contribution in [-0.2, 0) is 11.0 Å². The number of halogens is 4. The minimum Gasteiger partial charge on any atom is -0.353 e. The second-order valence-corrected chi connectivity index (χ2v) is 8.08. The molecule has 1 fully saturated rings. The molecular weight excluding hydrogens is 445 g/mol. The van der Waals surface area contributed by atoms with Crippen molar-refractivity contribution in [3.8, 4) is 0 Å². The number of anilines is 1. The van der Waals surface area contributed by atoms with Crippen LogP contribution in [0.5, 0.6) is 0 Å². The van der Waals surface area contributed by atoms with Gasteiger partial charge in [0.1, 0.15) is 12.1 Å². The van der Waals surface area contributed by atoms with Gasteiger partial charge in [-0.15, -0.1) is 0 Å². The van der Waals surface area contributed by atoms with Crippen molar-refractivity contribution in [1.29, 1.82) is 0 Å². The van der Waals surface area contributed by atoms with E-state index in [4.69, 9.17) is 11.6 Å². The zero-order valence-electron chi connectivity index (χ0n) is 17.1. The highest BCUT2D eigenvalue weighted by molar-refractivity contribution is 6.31. The van der Waals surface area contributed by atoms with Gasteiger partial charge in [0, 0.05) is 49.0 Å². The molecule has 1 aliphatic rings. The van der Waals surface area contributed by atoms with E-state index in [1.165, 1.54) is 12.3 Å². The maximum Gasteiger partial charge on any atom is 0.419 e. The van der Waals surface area contributed by atoms with Crippen molar-refractivity contribution in [2.24, 2.45) is 0 Å². The Morgan fingerprint density at radius 1 is 1.19 bits per heavy atom. The summed E-state index contributed by atoms with van der Waals surface area (Å²) >= 11 is 6.11. The Hall–Kier alpha value is -3.07. The highest BCUT2D eigenvalue weighted by Crippen LogP contribution is 2.35. The van der Waals surface area contributed by atoms with E-state index in [2.05, 4.69) is 4.98 Å². The van der Waals surface area contributed by atoms with Crippen LogP contribution in [0.25, 0.3) is 10.9 Å². The van der Waals surface area contributed by atoms with Crippen molar-refractivity contribution in [2.45, 2.75) is 19.1 Å². The molecule has 0 radical (unpaired) electrons. The summed E-state index contributed by atoms with van der Waals surface area (Å²) in [4.78, 5) is 31.7. The van der Waals surface area contributed by atoms with Crippen LogP contribution in [0.2, 0.25) is 5.02 Å². The molecule has 1 atom stereocenters. The Kier molecular flexibility index (Phi) is 5.85. The molecule has 4 rings (SSSR count). The van der Waals surface area contributed by atoms with Crippen LogP contribution in [0.3, 0.4) is 0 Å². The zero-order chi connectivity index (χ0) is 23.0. The maximum absolute atomic E-state index is 13.3. The molecule has 1 saturated heterocycles. The Bertz CT molecular complexity index is 1170. The van der Waals surface area contributed by atoms with E-state index in [-0.39, 0.29) is 37.9 Å². The number of piperazine rings is 1. The number of hydrogen-bond donors (Lipinski definition) is 0. The second-order valence-electron chi connectivity index (χ2n) is 7.64. The van der Waals surface area contributed by atoms with Gasteiger partial charge in [-0.25, -0.2) is 4.98 Å². The molecule has 3 heterocycles. The van der Waals surface area contributed by atoms with Gasteiger partial charge in [-0.05, 0) is 31.2 Å². The Labute approximate surface area is 187 Å². The lowest BCUT2D eigenvalue weighted by Gasteiger charge is -2.36. The molecule has 168 valence electrons. The summed E-state index contributed by atoms with van der Waals surface area (Å²) in [5.74, 6) is -0.371. The minimum absolute atomic E-state index is 0.127. The predicted octanol–water partition coefficient (Wildman–Crippen LogP) is 4.43. The fourth-order valence-corrected chi connectivity index (χ4v) is 4.13. The second kappa shape index (κ2) is 8.46. The maximum atomic E-state index is 13.3. The van der Waals surface area contributed by atoms with Crippen LogP contribution in [-0.4, -0.2) is 52.8 Å². The molecule has 1 aliphatic heterocycles. The van der Waals surface area contributed by atoms with Gasteiger partial charge in [0.25, 0.3) is 5.91 Å². The molecule has 0 bridgehead atoms. The number of rotatable bonds is 4. The summed E-state index contributed by atoms with van der Waals surface area (Å²) in [5, 5.41) is 1.15. The minimum atomic E-state index is -4.51. The lowest BCUT2D eigenvalue weighted by Crippen LogP contribution is -2.49. The molecule has 1 unspecified atom stereocenters. The number of carbonyl (C=O) groups is 2. The van der Waals surface area contributed by atoms with Gasteiger partial charge in [0.15, 0.2) is 0 Å². The molecular formula is C22H20ClF3N4O2. The number of carbonyl (C=O) groups excluding carboxylic acids is 2. The monoisotopic (exact) mass is 464 g/mol. The van der Waals surface area contributed by atoms with Gasteiger partial charge in [-0.3, -0.25) is 4.79 Å². The first-order valence-corrected chi connectivity index (χ1v) is 10.4. The summed E-state index contributed by atoms with van der Waals surface area (Å²) < 4.78 is 41.7. The molecule has 10 heteroatoms. The summed E-state index contributed by atoms with van der Waals surface area (Å²) in [7, 11) is 0. The van der Waals surface area contributed by atoms with E-state index in [1.807, 2.05) is 0 Å². The van der Waals surface area contributed by atoms with Crippen molar-refractivity contribution in [2.75, 3.05) is 31.1 Å². The average molecular weight is 465 g/mol. The highest BCUT2D eigenvalue weighted by Gasteiger charge is 2.36. The van der Waals surface area contributed by atoms with Crippen molar-refractivity contribution in [3.05, 3.63) is 58.9 Å². The summed E-state index contributed by atoms with van der Waals surface area (Å²) in [6, 6.07) is 6.89. The average Bonchev–Trinajstić information content (AvgIpc) is 3.16. The molecule has 6 nitrogen and oxygen atoms in total. The topological polar surface area (TPSA) is 58.4 Å². The van der Waals surface area contributed by atoms with E-state index >= 15 is 0 Å². The van der Waals surface area contributed by atoms with Crippen LogP contribution in [0, 0.1) is 0 Å². The van der Waals surface area contributed by atoms with Crippen LogP contribution >= 0.6 is 11.6 Å². The molecule has 0 aliphatic carbocycles. The predicted molar refractivity (Wildman–Crippen MR) is 115 cm³/mol. The zero-order valence-corrected chi connectivity index (χ0v) is 17.9. The molecule has 0 saturated carbocycles. The van der Waals surface area contributed by atoms with E-state index in [0.29, 0.717) is 21.5 Å². The van der Waals surface area contributed by atoms with Gasteiger partial charge in [0.05, 0.1) is 22.7 Å². The van der Waals surface area contributed by atoms with Gasteiger partial charge in [-0.1, -0.05) is 17.7 Å². The number of hydrogen-bond acceptors (Lipinski definition) is 4. The number of aldehydes is 1. The lowest BCUT2D eigenvalue weighted by atomic mass is 10.1. The van der Waals surface area contributed by atoms with Crippen molar-refractivity contribution < 1.29 is 22.8 Å². The summed E-state index contributed by atoms with van der Waals surface area (Å²) in [5.41, 5.74) is 0.303.